The first-order valence-corrected chi connectivity index (χ1v) is 6.09. The Bertz CT molecular complexity index is 191. The molecule has 1 aliphatic heterocycles. The molecule has 0 amide bonds. The molecule has 0 aromatic rings. The fourth-order valence-electron chi connectivity index (χ4n) is 1.77. The van der Waals surface area contributed by atoms with E-state index in [-0.39, 0.29) is 12.1 Å². The van der Waals surface area contributed by atoms with Crippen molar-refractivity contribution in [3.05, 3.63) is 0 Å². The molecule has 3 heteroatoms. The van der Waals surface area contributed by atoms with E-state index in [4.69, 9.17) is 9.47 Å². The fraction of sp³-hybridized carbons (Fsp3) is 0.917. The Morgan fingerprint density at radius 2 is 2.00 bits per heavy atom. The van der Waals surface area contributed by atoms with E-state index in [9.17, 15) is 4.79 Å². The lowest BCUT2D eigenvalue weighted by Gasteiger charge is -1.98. The third kappa shape index (κ3) is 5.17. The zero-order valence-electron chi connectivity index (χ0n) is 9.83. The van der Waals surface area contributed by atoms with E-state index in [1.54, 1.807) is 0 Å². The number of carbonyl (C=O) groups excluding carboxylic acids is 1. The van der Waals surface area contributed by atoms with Crippen LogP contribution in [-0.4, -0.2) is 24.8 Å². The van der Waals surface area contributed by atoms with Crippen molar-refractivity contribution in [1.29, 1.82) is 0 Å². The van der Waals surface area contributed by atoms with Crippen molar-refractivity contribution < 1.29 is 14.3 Å². The lowest BCUT2D eigenvalue weighted by atomic mass is 10.1. The van der Waals surface area contributed by atoms with Gasteiger partial charge in [0.15, 0.2) is 0 Å². The Kier molecular flexibility index (Phi) is 5.69. The summed E-state index contributed by atoms with van der Waals surface area (Å²) in [6.07, 6.45) is 7.07. The van der Waals surface area contributed by atoms with Crippen LogP contribution in [0.2, 0.25) is 0 Å². The van der Waals surface area contributed by atoms with E-state index in [0.717, 1.165) is 6.42 Å². The van der Waals surface area contributed by atoms with Crippen molar-refractivity contribution in [3.8, 4) is 0 Å². The van der Waals surface area contributed by atoms with Crippen molar-refractivity contribution in [1.82, 2.24) is 0 Å². The molecule has 15 heavy (non-hydrogen) atoms. The smallest absolute Gasteiger partial charge is 0.308 e. The van der Waals surface area contributed by atoms with Gasteiger partial charge in [-0.05, 0) is 13.3 Å². The highest BCUT2D eigenvalue weighted by Gasteiger charge is 2.39. The molecule has 0 radical (unpaired) electrons. The number of hydrogen-bond acceptors (Lipinski definition) is 3. The molecule has 0 aromatic carbocycles. The van der Waals surface area contributed by atoms with Crippen LogP contribution in [0, 0.1) is 0 Å². The van der Waals surface area contributed by atoms with Crippen molar-refractivity contribution in [2.45, 2.75) is 64.6 Å². The summed E-state index contributed by atoms with van der Waals surface area (Å²) < 4.78 is 10.3. The van der Waals surface area contributed by atoms with Gasteiger partial charge in [0.25, 0.3) is 0 Å². The highest BCUT2D eigenvalue weighted by atomic mass is 16.6. The molecule has 0 N–H and O–H groups in total. The van der Waals surface area contributed by atoms with Gasteiger partial charge >= 0.3 is 5.97 Å². The van der Waals surface area contributed by atoms with Crippen molar-refractivity contribution >= 4 is 5.97 Å². The van der Waals surface area contributed by atoms with Gasteiger partial charge in [0.1, 0.15) is 0 Å². The van der Waals surface area contributed by atoms with Crippen LogP contribution in [0.5, 0.6) is 0 Å². The topological polar surface area (TPSA) is 38.8 Å². The van der Waals surface area contributed by atoms with Crippen LogP contribution in [0.15, 0.2) is 0 Å². The second-order valence-corrected chi connectivity index (χ2v) is 4.07. The minimum Gasteiger partial charge on any atom is -0.466 e. The summed E-state index contributed by atoms with van der Waals surface area (Å²) in [6.45, 7) is 4.50. The molecule has 1 heterocycles. The molecule has 1 rings (SSSR count). The monoisotopic (exact) mass is 214 g/mol. The molecule has 1 saturated heterocycles. The quantitative estimate of drug-likeness (QED) is 0.354. The van der Waals surface area contributed by atoms with Crippen LogP contribution < -0.4 is 0 Å². The first-order chi connectivity index (χ1) is 7.27. The predicted octanol–water partition coefficient (Wildman–Crippen LogP) is 2.68. The molecule has 1 aliphatic rings. The van der Waals surface area contributed by atoms with Crippen LogP contribution in [0.4, 0.5) is 0 Å². The number of esters is 1. The summed E-state index contributed by atoms with van der Waals surface area (Å²) in [7, 11) is 0. The Hall–Kier alpha value is -0.570. The molecule has 0 bridgehead atoms. The maximum absolute atomic E-state index is 11.1. The summed E-state index contributed by atoms with van der Waals surface area (Å²) in [5.74, 6) is -0.126. The second kappa shape index (κ2) is 6.83. The maximum atomic E-state index is 11.1. The Labute approximate surface area is 92.1 Å². The number of rotatable bonds is 8. The van der Waals surface area contributed by atoms with Gasteiger partial charge in [-0.2, -0.15) is 0 Å². The Morgan fingerprint density at radius 3 is 2.67 bits per heavy atom. The summed E-state index contributed by atoms with van der Waals surface area (Å²) >= 11 is 0. The summed E-state index contributed by atoms with van der Waals surface area (Å²) in [5.41, 5.74) is 0. The summed E-state index contributed by atoms with van der Waals surface area (Å²) in [6, 6.07) is 0. The molecule has 0 spiro atoms. The molecule has 0 saturated carbocycles. The highest BCUT2D eigenvalue weighted by molar-refractivity contribution is 5.70. The summed E-state index contributed by atoms with van der Waals surface area (Å²) in [4.78, 5) is 11.1. The number of ether oxygens (including phenoxy) is 2. The van der Waals surface area contributed by atoms with Gasteiger partial charge in [-0.25, -0.2) is 0 Å². The van der Waals surface area contributed by atoms with Crippen LogP contribution in [0.3, 0.4) is 0 Å². The first kappa shape index (κ1) is 12.5. The third-order valence-corrected chi connectivity index (χ3v) is 2.70. The standard InChI is InChI=1S/C12H22O3/c1-3-5-6-7-8-10-11(15-10)9-12(13)14-4-2/h10-11H,3-9H2,1-2H3. The largest absolute Gasteiger partial charge is 0.466 e. The number of unbranched alkanes of at least 4 members (excludes halogenated alkanes) is 3. The van der Waals surface area contributed by atoms with Gasteiger partial charge in [0, 0.05) is 0 Å². The van der Waals surface area contributed by atoms with Crippen molar-refractivity contribution in [2.24, 2.45) is 0 Å². The van der Waals surface area contributed by atoms with Crippen LogP contribution in [0.1, 0.15) is 52.4 Å². The van der Waals surface area contributed by atoms with Crippen LogP contribution in [0.25, 0.3) is 0 Å². The minimum absolute atomic E-state index is 0.126. The average Bonchev–Trinajstić information content (AvgIpc) is 2.92. The molecule has 2 unspecified atom stereocenters. The zero-order chi connectivity index (χ0) is 11.1. The molecular formula is C12H22O3. The number of epoxide rings is 1. The SMILES string of the molecule is CCCCCCC1OC1CC(=O)OCC. The van der Waals surface area contributed by atoms with E-state index in [2.05, 4.69) is 6.92 Å². The van der Waals surface area contributed by atoms with Crippen LogP contribution in [-0.2, 0) is 14.3 Å². The maximum Gasteiger partial charge on any atom is 0.308 e. The van der Waals surface area contributed by atoms with Crippen molar-refractivity contribution in [3.63, 3.8) is 0 Å². The number of hydrogen-bond donors (Lipinski definition) is 0. The van der Waals surface area contributed by atoms with Gasteiger partial charge in [0.05, 0.1) is 25.2 Å². The molecule has 2 atom stereocenters. The zero-order valence-corrected chi connectivity index (χ0v) is 9.83. The van der Waals surface area contributed by atoms with Gasteiger partial charge in [-0.3, -0.25) is 4.79 Å². The second-order valence-electron chi connectivity index (χ2n) is 4.07. The molecular weight excluding hydrogens is 192 g/mol. The summed E-state index contributed by atoms with van der Waals surface area (Å²) in [5, 5.41) is 0. The molecule has 0 aromatic heterocycles. The van der Waals surface area contributed by atoms with Gasteiger partial charge < -0.3 is 9.47 Å². The lowest BCUT2D eigenvalue weighted by Crippen LogP contribution is -2.08. The highest BCUT2D eigenvalue weighted by Crippen LogP contribution is 2.30. The predicted molar refractivity (Wildman–Crippen MR) is 58.7 cm³/mol. The van der Waals surface area contributed by atoms with Crippen LogP contribution >= 0.6 is 0 Å². The van der Waals surface area contributed by atoms with E-state index >= 15 is 0 Å². The molecule has 88 valence electrons. The van der Waals surface area contributed by atoms with E-state index < -0.39 is 0 Å². The average molecular weight is 214 g/mol. The number of carbonyl (C=O) groups is 1. The molecule has 0 aliphatic carbocycles. The lowest BCUT2D eigenvalue weighted by molar-refractivity contribution is -0.143. The van der Waals surface area contributed by atoms with Gasteiger partial charge in [0.2, 0.25) is 0 Å². The fourth-order valence-corrected chi connectivity index (χ4v) is 1.77. The Balaban J connectivity index is 1.95. The minimum atomic E-state index is -0.126. The normalized spacial score (nSPS) is 23.9. The Morgan fingerprint density at radius 1 is 1.20 bits per heavy atom. The van der Waals surface area contributed by atoms with Gasteiger partial charge in [-0.1, -0.05) is 32.6 Å². The van der Waals surface area contributed by atoms with E-state index in [1.165, 1.54) is 25.7 Å². The van der Waals surface area contributed by atoms with Gasteiger partial charge in [-0.15, -0.1) is 0 Å². The first-order valence-electron chi connectivity index (χ1n) is 6.09. The third-order valence-electron chi connectivity index (χ3n) is 2.70. The van der Waals surface area contributed by atoms with Crippen molar-refractivity contribution in [2.75, 3.05) is 6.61 Å². The van der Waals surface area contributed by atoms with E-state index in [0.29, 0.717) is 19.1 Å². The molecule has 1 fully saturated rings. The molecule has 3 nitrogen and oxygen atoms in total. The van der Waals surface area contributed by atoms with E-state index in [1.807, 2.05) is 6.92 Å².